The van der Waals surface area contributed by atoms with Gasteiger partial charge in [0, 0.05) is 38.2 Å². The van der Waals surface area contributed by atoms with Gasteiger partial charge in [0.2, 0.25) is 0 Å². The Morgan fingerprint density at radius 1 is 0.212 bits per heavy atom. The van der Waals surface area contributed by atoms with Gasteiger partial charge in [-0.3, -0.25) is 0 Å². The number of aromatic nitrogens is 2. The average Bonchev–Trinajstić information content (AvgIpc) is 3.86. The van der Waals surface area contributed by atoms with Crippen molar-refractivity contribution in [3.05, 3.63) is 243 Å². The molecule has 3 heterocycles. The minimum Gasteiger partial charge on any atom is -0.309 e. The van der Waals surface area contributed by atoms with Gasteiger partial charge >= 0.3 is 0 Å². The summed E-state index contributed by atoms with van der Waals surface area (Å²) in [7, 11) is 0. The molecule has 66 heavy (non-hydrogen) atoms. The van der Waals surface area contributed by atoms with Crippen molar-refractivity contribution in [1.29, 1.82) is 0 Å². The predicted octanol–water partition coefficient (Wildman–Crippen LogP) is 17.3. The third-order valence-corrected chi connectivity index (χ3v) is 14.1. The lowest BCUT2D eigenvalue weighted by Gasteiger charge is -2.16. The standard InChI is InChI=1S/C64H40N2/c1-3-14-41(15-4-1)47-31-34-61-56(37-47)51-21-10-9-20-50(51)53-23-13-24-54-58-39-49(32-35-62(58)66(61)64(53)54)43-28-26-42(27-29-43)48-30-33-60-57(38-48)52-22-11-12-25-59(52)65(60)63-40-46-19-8-7-18-45(46)36-55(63)44-16-5-2-6-17-44/h1-40H. The highest BCUT2D eigenvalue weighted by atomic mass is 15.0. The molecule has 0 saturated carbocycles. The predicted molar refractivity (Wildman–Crippen MR) is 279 cm³/mol. The fourth-order valence-electron chi connectivity index (χ4n) is 11.0. The van der Waals surface area contributed by atoms with E-state index in [1.807, 2.05) is 0 Å². The molecule has 0 saturated heterocycles. The highest BCUT2D eigenvalue weighted by Crippen LogP contribution is 2.48. The van der Waals surface area contributed by atoms with E-state index in [4.69, 9.17) is 0 Å². The molecule has 13 aromatic rings. The SMILES string of the molecule is c1ccc(-c2ccc3c(c2)-c2ccccc2-c2cccc4c5cc(-c6ccc(-c7ccc8c(c7)c7ccccc7n8-c7cc8ccccc8cc7-c7ccccc7)cc6)ccc5n-3c24)cc1. The Morgan fingerprint density at radius 2 is 0.697 bits per heavy atom. The van der Waals surface area contributed by atoms with Gasteiger partial charge in [-0.15, -0.1) is 0 Å². The molecule has 2 aromatic heterocycles. The minimum absolute atomic E-state index is 1.18. The molecule has 0 unspecified atom stereocenters. The number of para-hydroxylation sites is 2. The van der Waals surface area contributed by atoms with Crippen molar-refractivity contribution in [2.24, 2.45) is 0 Å². The van der Waals surface area contributed by atoms with E-state index in [1.54, 1.807) is 0 Å². The Morgan fingerprint density at radius 3 is 1.42 bits per heavy atom. The third-order valence-electron chi connectivity index (χ3n) is 14.1. The van der Waals surface area contributed by atoms with Gasteiger partial charge in [-0.05, 0) is 115 Å². The second kappa shape index (κ2) is 14.4. The van der Waals surface area contributed by atoms with Gasteiger partial charge in [-0.1, -0.05) is 188 Å². The van der Waals surface area contributed by atoms with E-state index in [9.17, 15) is 0 Å². The molecule has 0 atom stereocenters. The lowest BCUT2D eigenvalue weighted by atomic mass is 9.91. The largest absolute Gasteiger partial charge is 0.309 e. The first-order valence-electron chi connectivity index (χ1n) is 22.8. The van der Waals surface area contributed by atoms with E-state index >= 15 is 0 Å². The second-order valence-electron chi connectivity index (χ2n) is 17.7. The van der Waals surface area contributed by atoms with Crippen LogP contribution in [0.25, 0.3) is 133 Å². The molecule has 0 N–H and O–H groups in total. The summed E-state index contributed by atoms with van der Waals surface area (Å²) in [6.45, 7) is 0. The number of nitrogens with zero attached hydrogens (tertiary/aromatic N) is 2. The number of rotatable bonds is 5. The number of fused-ring (bicyclic) bond motifs is 12. The van der Waals surface area contributed by atoms with Gasteiger partial charge in [-0.2, -0.15) is 0 Å². The van der Waals surface area contributed by atoms with Gasteiger partial charge in [0.25, 0.3) is 0 Å². The summed E-state index contributed by atoms with van der Waals surface area (Å²) in [6.07, 6.45) is 0. The molecular weight excluding hydrogens is 797 g/mol. The van der Waals surface area contributed by atoms with E-state index in [0.717, 1.165) is 0 Å². The molecule has 0 spiro atoms. The van der Waals surface area contributed by atoms with E-state index in [1.165, 1.54) is 133 Å². The maximum atomic E-state index is 2.51. The maximum Gasteiger partial charge on any atom is 0.0619 e. The minimum atomic E-state index is 1.18. The van der Waals surface area contributed by atoms with Crippen LogP contribution in [0.5, 0.6) is 0 Å². The monoisotopic (exact) mass is 836 g/mol. The van der Waals surface area contributed by atoms with Crippen LogP contribution in [-0.2, 0) is 0 Å². The van der Waals surface area contributed by atoms with Crippen LogP contribution < -0.4 is 0 Å². The summed E-state index contributed by atoms with van der Waals surface area (Å²) in [6, 6.07) is 89.6. The van der Waals surface area contributed by atoms with Crippen LogP contribution in [0.15, 0.2) is 243 Å². The second-order valence-corrected chi connectivity index (χ2v) is 17.7. The maximum absolute atomic E-state index is 2.51. The molecule has 0 fully saturated rings. The van der Waals surface area contributed by atoms with Gasteiger partial charge in [0.1, 0.15) is 0 Å². The average molecular weight is 837 g/mol. The van der Waals surface area contributed by atoms with E-state index in [-0.39, 0.29) is 0 Å². The van der Waals surface area contributed by atoms with Crippen molar-refractivity contribution in [2.45, 2.75) is 0 Å². The van der Waals surface area contributed by atoms with Crippen LogP contribution in [0.2, 0.25) is 0 Å². The van der Waals surface area contributed by atoms with Crippen LogP contribution in [0.1, 0.15) is 0 Å². The fraction of sp³-hybridized carbons (Fsp3) is 0. The van der Waals surface area contributed by atoms with Crippen LogP contribution in [0, 0.1) is 0 Å². The zero-order chi connectivity index (χ0) is 43.3. The van der Waals surface area contributed by atoms with E-state index < -0.39 is 0 Å². The topological polar surface area (TPSA) is 9.86 Å². The summed E-state index contributed by atoms with van der Waals surface area (Å²) in [5, 5.41) is 7.48. The molecule has 1 aliphatic rings. The molecule has 0 bridgehead atoms. The Balaban J connectivity index is 0.875. The third kappa shape index (κ3) is 5.55. The summed E-state index contributed by atoms with van der Waals surface area (Å²) >= 11 is 0. The number of hydrogen-bond acceptors (Lipinski definition) is 0. The first-order chi connectivity index (χ1) is 32.7. The fourth-order valence-corrected chi connectivity index (χ4v) is 11.0. The Hall–Kier alpha value is -8.72. The van der Waals surface area contributed by atoms with Gasteiger partial charge in [0.15, 0.2) is 0 Å². The molecule has 306 valence electrons. The van der Waals surface area contributed by atoms with Crippen LogP contribution in [0.4, 0.5) is 0 Å². The van der Waals surface area contributed by atoms with Crippen molar-refractivity contribution >= 4 is 54.4 Å². The lowest BCUT2D eigenvalue weighted by Crippen LogP contribution is -1.98. The lowest BCUT2D eigenvalue weighted by molar-refractivity contribution is 1.19. The summed E-state index contributed by atoms with van der Waals surface area (Å²) in [5.41, 5.74) is 22.0. The Kier molecular flexibility index (Phi) is 8.02. The van der Waals surface area contributed by atoms with Crippen molar-refractivity contribution < 1.29 is 0 Å². The summed E-state index contributed by atoms with van der Waals surface area (Å²) < 4.78 is 4.97. The molecule has 2 nitrogen and oxygen atoms in total. The van der Waals surface area contributed by atoms with Crippen LogP contribution >= 0.6 is 0 Å². The van der Waals surface area contributed by atoms with Crippen molar-refractivity contribution in [1.82, 2.24) is 9.13 Å². The molecule has 2 heteroatoms. The molecule has 0 aliphatic carbocycles. The van der Waals surface area contributed by atoms with Gasteiger partial charge in [0.05, 0.1) is 33.4 Å². The van der Waals surface area contributed by atoms with E-state index in [2.05, 4.69) is 252 Å². The smallest absolute Gasteiger partial charge is 0.0619 e. The van der Waals surface area contributed by atoms with Crippen molar-refractivity contribution in [2.75, 3.05) is 0 Å². The first-order valence-corrected chi connectivity index (χ1v) is 22.8. The quantitative estimate of drug-likeness (QED) is 0.163. The zero-order valence-electron chi connectivity index (χ0n) is 36.0. The molecule has 1 aliphatic heterocycles. The summed E-state index contributed by atoms with van der Waals surface area (Å²) in [5.74, 6) is 0. The molecule has 11 aromatic carbocycles. The molecule has 0 amide bonds. The number of hydrogen-bond donors (Lipinski definition) is 0. The first kappa shape index (κ1) is 36.7. The van der Waals surface area contributed by atoms with Crippen molar-refractivity contribution in [3.63, 3.8) is 0 Å². The van der Waals surface area contributed by atoms with Crippen LogP contribution in [-0.4, -0.2) is 9.13 Å². The Bertz CT molecular complexity index is 4080. The van der Waals surface area contributed by atoms with Crippen molar-refractivity contribution in [3.8, 4) is 78.1 Å². The highest BCUT2D eigenvalue weighted by Gasteiger charge is 2.25. The summed E-state index contributed by atoms with van der Waals surface area (Å²) in [4.78, 5) is 0. The highest BCUT2D eigenvalue weighted by molar-refractivity contribution is 6.17. The van der Waals surface area contributed by atoms with E-state index in [0.29, 0.717) is 0 Å². The molecule has 0 radical (unpaired) electrons. The molecular formula is C64H40N2. The molecule has 14 rings (SSSR count). The Labute approximate surface area is 382 Å². The van der Waals surface area contributed by atoms with Gasteiger partial charge in [-0.25, -0.2) is 0 Å². The van der Waals surface area contributed by atoms with Crippen LogP contribution in [0.3, 0.4) is 0 Å². The zero-order valence-corrected chi connectivity index (χ0v) is 36.0. The number of benzene rings is 11. The van der Waals surface area contributed by atoms with Gasteiger partial charge < -0.3 is 9.13 Å². The normalized spacial score (nSPS) is 11.9.